The summed E-state index contributed by atoms with van der Waals surface area (Å²) < 4.78 is 0. The van der Waals surface area contributed by atoms with Gasteiger partial charge in [0.25, 0.3) is 11.8 Å². The minimum atomic E-state index is -2.51. The van der Waals surface area contributed by atoms with Gasteiger partial charge in [0.1, 0.15) is 0 Å². The van der Waals surface area contributed by atoms with Crippen molar-refractivity contribution >= 4 is 56.8 Å². The Labute approximate surface area is 178 Å². The fraction of sp³-hybridized carbons (Fsp3) is 0.143. The average Bonchev–Trinajstić information content (AvgIpc) is 3.31. The molecule has 0 saturated carbocycles. The molecule has 1 saturated heterocycles. The van der Waals surface area contributed by atoms with Crippen molar-refractivity contribution in [3.8, 4) is 11.4 Å². The lowest BCUT2D eigenvalue weighted by Crippen LogP contribution is -2.54. The first-order chi connectivity index (χ1) is 14.2. The number of benzene rings is 2. The molecule has 9 heteroatoms. The van der Waals surface area contributed by atoms with Crippen LogP contribution in [-0.2, 0) is 20.8 Å². The summed E-state index contributed by atoms with van der Waals surface area (Å²) in [4.78, 5) is 33.5. The molecule has 0 bridgehead atoms. The lowest BCUT2D eigenvalue weighted by atomic mass is 9.69. The number of nitrogens with zero attached hydrogens (tertiary/aromatic N) is 1. The number of nitrogens with one attached hydrogen (secondary N) is 2. The molecule has 3 heterocycles. The number of imide groups is 1. The first-order valence-electron chi connectivity index (χ1n) is 9.10. The molecule has 2 aromatic heterocycles. The molecular formula is C21H13Cl2N3O4. The van der Waals surface area contributed by atoms with Crippen LogP contribution in [-0.4, -0.2) is 43.9 Å². The van der Waals surface area contributed by atoms with Gasteiger partial charge in [-0.25, -0.2) is 0 Å². The van der Waals surface area contributed by atoms with Crippen molar-refractivity contribution in [1.82, 2.24) is 14.9 Å². The second-order valence-electron chi connectivity index (χ2n) is 7.72. The Morgan fingerprint density at radius 2 is 1.20 bits per heavy atom. The molecule has 2 aromatic carbocycles. The number of likely N-dealkylation sites (N-methyl/N-ethyl adjacent to an activating group) is 1. The van der Waals surface area contributed by atoms with Crippen molar-refractivity contribution in [2.75, 3.05) is 7.05 Å². The zero-order chi connectivity index (χ0) is 21.2. The highest BCUT2D eigenvalue weighted by Gasteiger charge is 2.74. The van der Waals surface area contributed by atoms with Gasteiger partial charge in [0.05, 0.1) is 11.4 Å². The van der Waals surface area contributed by atoms with Gasteiger partial charge in [-0.05, 0) is 24.3 Å². The van der Waals surface area contributed by atoms with Crippen molar-refractivity contribution < 1.29 is 19.8 Å². The lowest BCUT2D eigenvalue weighted by Gasteiger charge is -2.37. The first kappa shape index (κ1) is 18.0. The third-order valence-corrected chi connectivity index (χ3v) is 6.72. The maximum absolute atomic E-state index is 13.2. The van der Waals surface area contributed by atoms with Crippen LogP contribution in [0.1, 0.15) is 11.1 Å². The van der Waals surface area contributed by atoms with Gasteiger partial charge in [0, 0.05) is 50.0 Å². The Morgan fingerprint density at radius 1 is 0.800 bits per heavy atom. The predicted molar refractivity (Wildman–Crippen MR) is 111 cm³/mol. The van der Waals surface area contributed by atoms with Gasteiger partial charge in [0.2, 0.25) is 11.2 Å². The number of rotatable bonds is 0. The second-order valence-corrected chi connectivity index (χ2v) is 8.59. The molecule has 0 radical (unpaired) electrons. The fourth-order valence-electron chi connectivity index (χ4n) is 4.93. The van der Waals surface area contributed by atoms with Crippen LogP contribution in [0.4, 0.5) is 0 Å². The third-order valence-electron chi connectivity index (χ3n) is 6.25. The number of hydrogen-bond acceptors (Lipinski definition) is 4. The summed E-state index contributed by atoms with van der Waals surface area (Å²) in [6.45, 7) is 0. The maximum atomic E-state index is 13.2. The zero-order valence-corrected chi connectivity index (χ0v) is 16.9. The SMILES string of the molecule is CN1C(=O)C2(O)c3c([nH]c4cc(Cl)ccc34)-c3[nH]c4cc(Cl)ccc4c3C2(O)C1=O. The first-order valence-corrected chi connectivity index (χ1v) is 9.86. The molecule has 7 nitrogen and oxygen atoms in total. The Morgan fingerprint density at radius 3 is 1.60 bits per heavy atom. The van der Waals surface area contributed by atoms with E-state index in [1.807, 2.05) is 0 Å². The normalized spacial score (nSPS) is 25.2. The van der Waals surface area contributed by atoms with E-state index >= 15 is 0 Å². The van der Waals surface area contributed by atoms with E-state index in [0.717, 1.165) is 4.90 Å². The number of halogens is 2. The van der Waals surface area contributed by atoms with E-state index < -0.39 is 23.0 Å². The van der Waals surface area contributed by atoms with Crippen molar-refractivity contribution in [3.05, 3.63) is 57.6 Å². The molecule has 1 fully saturated rings. The van der Waals surface area contributed by atoms with E-state index in [-0.39, 0.29) is 11.1 Å². The summed E-state index contributed by atoms with van der Waals surface area (Å²) >= 11 is 12.3. The summed E-state index contributed by atoms with van der Waals surface area (Å²) in [6.07, 6.45) is 0. The van der Waals surface area contributed by atoms with Crippen LogP contribution >= 0.6 is 23.2 Å². The van der Waals surface area contributed by atoms with Crippen molar-refractivity contribution in [3.63, 3.8) is 0 Å². The Balaban J connectivity index is 1.88. The number of hydrogen-bond donors (Lipinski definition) is 4. The van der Waals surface area contributed by atoms with E-state index in [1.54, 1.807) is 36.4 Å². The number of carbonyl (C=O) groups excluding carboxylic acids is 2. The molecule has 150 valence electrons. The van der Waals surface area contributed by atoms with Crippen molar-refractivity contribution in [2.45, 2.75) is 11.2 Å². The summed E-state index contributed by atoms with van der Waals surface area (Å²) in [5, 5.41) is 25.5. The van der Waals surface area contributed by atoms with Gasteiger partial charge >= 0.3 is 0 Å². The summed E-state index contributed by atoms with van der Waals surface area (Å²) in [7, 11) is 1.25. The molecule has 30 heavy (non-hydrogen) atoms. The van der Waals surface area contributed by atoms with Crippen LogP contribution in [0.5, 0.6) is 0 Å². The fourth-order valence-corrected chi connectivity index (χ4v) is 5.27. The molecule has 1 aliphatic carbocycles. The van der Waals surface area contributed by atoms with Crippen LogP contribution in [0.15, 0.2) is 36.4 Å². The molecule has 4 aromatic rings. The largest absolute Gasteiger partial charge is 0.372 e. The quantitative estimate of drug-likeness (QED) is 0.314. The van der Waals surface area contributed by atoms with Crippen LogP contribution < -0.4 is 0 Å². The van der Waals surface area contributed by atoms with Crippen molar-refractivity contribution in [1.29, 1.82) is 0 Å². The highest BCUT2D eigenvalue weighted by molar-refractivity contribution is 6.32. The van der Waals surface area contributed by atoms with Crippen LogP contribution in [0.3, 0.4) is 0 Å². The maximum Gasteiger partial charge on any atom is 0.269 e. The van der Waals surface area contributed by atoms with E-state index in [1.165, 1.54) is 7.05 Å². The molecule has 4 N–H and O–H groups in total. The van der Waals surface area contributed by atoms with Crippen molar-refractivity contribution in [2.24, 2.45) is 0 Å². The topological polar surface area (TPSA) is 109 Å². The number of aliphatic hydroxyl groups is 2. The Hall–Kier alpha value is -2.84. The molecule has 2 aliphatic rings. The third kappa shape index (κ3) is 1.73. The summed E-state index contributed by atoms with van der Waals surface area (Å²) in [5.74, 6) is -1.80. The van der Waals surface area contributed by atoms with Gasteiger partial charge < -0.3 is 20.2 Å². The second kappa shape index (κ2) is 5.25. The molecule has 0 spiro atoms. The van der Waals surface area contributed by atoms with Gasteiger partial charge in [-0.3, -0.25) is 14.5 Å². The highest BCUT2D eigenvalue weighted by atomic mass is 35.5. The van der Waals surface area contributed by atoms with Crippen LogP contribution in [0, 0.1) is 0 Å². The smallest absolute Gasteiger partial charge is 0.269 e. The minimum absolute atomic E-state index is 0.129. The number of aromatic amines is 2. The molecule has 1 aliphatic heterocycles. The highest BCUT2D eigenvalue weighted by Crippen LogP contribution is 2.59. The Bertz CT molecular complexity index is 1360. The van der Waals surface area contributed by atoms with E-state index in [9.17, 15) is 19.8 Å². The van der Waals surface area contributed by atoms with Gasteiger partial charge in [-0.1, -0.05) is 35.3 Å². The average molecular weight is 442 g/mol. The molecular weight excluding hydrogens is 429 g/mol. The number of fused-ring (bicyclic) bond motifs is 10. The molecule has 2 unspecified atom stereocenters. The Kier molecular flexibility index (Phi) is 3.15. The number of carbonyl (C=O) groups is 2. The predicted octanol–water partition coefficient (Wildman–Crippen LogP) is 3.01. The van der Waals surface area contributed by atoms with Gasteiger partial charge in [-0.15, -0.1) is 0 Å². The molecule has 2 amide bonds. The molecule has 6 rings (SSSR count). The molecule has 2 atom stereocenters. The van der Waals surface area contributed by atoms with Crippen LogP contribution in [0.2, 0.25) is 10.0 Å². The number of likely N-dealkylation sites (tertiary alicyclic amines) is 1. The number of amides is 2. The van der Waals surface area contributed by atoms with E-state index in [4.69, 9.17) is 23.2 Å². The summed E-state index contributed by atoms with van der Waals surface area (Å²) in [5.41, 5.74) is -2.85. The van der Waals surface area contributed by atoms with Gasteiger partial charge in [0.15, 0.2) is 0 Å². The van der Waals surface area contributed by atoms with E-state index in [0.29, 0.717) is 43.2 Å². The van der Waals surface area contributed by atoms with Gasteiger partial charge in [-0.2, -0.15) is 0 Å². The lowest BCUT2D eigenvalue weighted by molar-refractivity contribution is -0.172. The summed E-state index contributed by atoms with van der Waals surface area (Å²) in [6, 6.07) is 9.83. The minimum Gasteiger partial charge on any atom is -0.372 e. The van der Waals surface area contributed by atoms with Crippen LogP contribution in [0.25, 0.3) is 33.2 Å². The monoisotopic (exact) mass is 441 g/mol. The van der Waals surface area contributed by atoms with E-state index in [2.05, 4.69) is 9.97 Å². The zero-order valence-electron chi connectivity index (χ0n) is 15.4. The number of aromatic nitrogens is 2. The number of H-pyrrole nitrogens is 2. The standard InChI is InChI=1S/C21H13Cl2N3O4/c1-26-18(27)20(29)14-10-4-2-8(22)6-12(10)24-16(14)17-15(21(20,30)19(26)28)11-5-3-9(23)7-13(11)25-17/h2-7,24-25,29-30H,1H3.